The van der Waals surface area contributed by atoms with E-state index in [0.717, 1.165) is 5.56 Å². The number of halogens is 2. The summed E-state index contributed by atoms with van der Waals surface area (Å²) in [6, 6.07) is 13.8. The molecular weight excluding hydrogens is 558 g/mol. The largest absolute Gasteiger partial charge is 0.497 e. The number of ether oxygens (including phenoxy) is 3. The third kappa shape index (κ3) is 6.31. The number of nitrogens with one attached hydrogen (secondary N) is 1. The number of hydrogen-bond acceptors (Lipinski definition) is 7. The number of nitrogens with zero attached hydrogens (tertiary/aromatic N) is 3. The van der Waals surface area contributed by atoms with Gasteiger partial charge in [-0.1, -0.05) is 6.07 Å². The number of aromatic nitrogens is 2. The molecule has 5 rings (SSSR count). The standard InChI is InChI=1S/C32H30F2N4O5/c1-41-12-11-35-31(39)19-7-9-22(36-16-19)13-21-14-26(30-24(33)5-4-6-25(30)34)37-27-18-38(32(40)29(21)27)17-20-8-10-23(42-2)15-28(20)43-3/h4-10,14-16H,11-13,17-18H2,1-3H3,(H,35,39). The number of rotatable bonds is 11. The number of fused-ring (bicyclic) bond motifs is 1. The Bertz CT molecular complexity index is 1640. The van der Waals surface area contributed by atoms with Gasteiger partial charge in [0.2, 0.25) is 0 Å². The average molecular weight is 589 g/mol. The Hall–Kier alpha value is -4.90. The van der Waals surface area contributed by atoms with E-state index in [2.05, 4.69) is 15.3 Å². The molecule has 0 radical (unpaired) electrons. The van der Waals surface area contributed by atoms with Gasteiger partial charge in [-0.3, -0.25) is 14.6 Å². The molecule has 9 nitrogen and oxygen atoms in total. The summed E-state index contributed by atoms with van der Waals surface area (Å²) in [6.07, 6.45) is 1.62. The van der Waals surface area contributed by atoms with Crippen LogP contribution in [0.1, 0.15) is 43.2 Å². The first-order chi connectivity index (χ1) is 20.8. The van der Waals surface area contributed by atoms with Gasteiger partial charge in [-0.05, 0) is 48.0 Å². The van der Waals surface area contributed by atoms with Crippen LogP contribution in [0.2, 0.25) is 0 Å². The van der Waals surface area contributed by atoms with Crippen molar-refractivity contribution in [1.82, 2.24) is 20.2 Å². The zero-order chi connectivity index (χ0) is 30.5. The van der Waals surface area contributed by atoms with E-state index < -0.39 is 11.6 Å². The van der Waals surface area contributed by atoms with E-state index in [1.807, 2.05) is 6.07 Å². The van der Waals surface area contributed by atoms with Gasteiger partial charge >= 0.3 is 0 Å². The molecule has 0 spiro atoms. The third-order valence-electron chi connectivity index (χ3n) is 7.14. The quantitative estimate of drug-likeness (QED) is 0.256. The summed E-state index contributed by atoms with van der Waals surface area (Å²) in [5.41, 5.74) is 2.77. The summed E-state index contributed by atoms with van der Waals surface area (Å²) in [6.45, 7) is 1.09. The predicted molar refractivity (Wildman–Crippen MR) is 154 cm³/mol. The molecule has 2 amide bonds. The first kappa shape index (κ1) is 29.6. The van der Waals surface area contributed by atoms with Crippen molar-refractivity contribution in [2.75, 3.05) is 34.5 Å². The molecule has 1 aliphatic heterocycles. The summed E-state index contributed by atoms with van der Waals surface area (Å²) >= 11 is 0. The molecule has 0 saturated carbocycles. The van der Waals surface area contributed by atoms with E-state index in [1.165, 1.54) is 37.6 Å². The fraction of sp³-hybridized carbons (Fsp3) is 0.250. The summed E-state index contributed by atoms with van der Waals surface area (Å²) in [7, 11) is 4.64. The van der Waals surface area contributed by atoms with E-state index in [4.69, 9.17) is 14.2 Å². The van der Waals surface area contributed by atoms with Crippen molar-refractivity contribution in [3.8, 4) is 22.8 Å². The molecule has 1 N–H and O–H groups in total. The molecule has 0 saturated heterocycles. The highest BCUT2D eigenvalue weighted by Crippen LogP contribution is 2.34. The van der Waals surface area contributed by atoms with Crippen molar-refractivity contribution >= 4 is 11.8 Å². The number of methoxy groups -OCH3 is 3. The molecule has 0 bridgehead atoms. The zero-order valence-corrected chi connectivity index (χ0v) is 23.9. The smallest absolute Gasteiger partial charge is 0.256 e. The molecule has 3 heterocycles. The lowest BCUT2D eigenvalue weighted by Crippen LogP contribution is -2.27. The Balaban J connectivity index is 1.49. The molecule has 0 fully saturated rings. The van der Waals surface area contributed by atoms with E-state index in [-0.39, 0.29) is 42.6 Å². The summed E-state index contributed by atoms with van der Waals surface area (Å²) in [4.78, 5) is 36.7. The number of benzene rings is 2. The van der Waals surface area contributed by atoms with Gasteiger partial charge in [-0.25, -0.2) is 13.8 Å². The van der Waals surface area contributed by atoms with Crippen LogP contribution in [0.25, 0.3) is 11.3 Å². The van der Waals surface area contributed by atoms with E-state index in [0.29, 0.717) is 52.7 Å². The molecule has 0 unspecified atom stereocenters. The summed E-state index contributed by atoms with van der Waals surface area (Å²) < 4.78 is 45.4. The Labute approximate surface area is 247 Å². The van der Waals surface area contributed by atoms with Crippen LogP contribution >= 0.6 is 0 Å². The predicted octanol–water partition coefficient (Wildman–Crippen LogP) is 4.56. The van der Waals surface area contributed by atoms with Gasteiger partial charge in [0.15, 0.2) is 0 Å². The van der Waals surface area contributed by atoms with Gasteiger partial charge in [0, 0.05) is 43.6 Å². The van der Waals surface area contributed by atoms with Gasteiger partial charge in [-0.2, -0.15) is 0 Å². The zero-order valence-electron chi connectivity index (χ0n) is 23.9. The van der Waals surface area contributed by atoms with Crippen LogP contribution in [0.15, 0.2) is 60.8 Å². The van der Waals surface area contributed by atoms with Crippen LogP contribution in [0.5, 0.6) is 11.5 Å². The lowest BCUT2D eigenvalue weighted by atomic mass is 9.98. The maximum Gasteiger partial charge on any atom is 0.256 e. The van der Waals surface area contributed by atoms with Crippen molar-refractivity contribution in [3.63, 3.8) is 0 Å². The molecule has 0 atom stereocenters. The highest BCUT2D eigenvalue weighted by Gasteiger charge is 2.33. The number of carbonyl (C=O) groups is 2. The van der Waals surface area contributed by atoms with Crippen LogP contribution in [0, 0.1) is 11.6 Å². The van der Waals surface area contributed by atoms with Crippen LogP contribution in [0.3, 0.4) is 0 Å². The minimum absolute atomic E-state index is 0.0789. The van der Waals surface area contributed by atoms with Crippen LogP contribution in [-0.4, -0.2) is 61.2 Å². The second kappa shape index (κ2) is 13.0. The van der Waals surface area contributed by atoms with Crippen molar-refractivity contribution in [2.45, 2.75) is 19.5 Å². The highest BCUT2D eigenvalue weighted by atomic mass is 19.1. The first-order valence-corrected chi connectivity index (χ1v) is 13.5. The monoisotopic (exact) mass is 588 g/mol. The van der Waals surface area contributed by atoms with Gasteiger partial charge in [0.1, 0.15) is 23.1 Å². The van der Waals surface area contributed by atoms with Crippen molar-refractivity contribution < 1.29 is 32.6 Å². The molecule has 2 aromatic carbocycles. The molecule has 43 heavy (non-hydrogen) atoms. The Morgan fingerprint density at radius 2 is 1.77 bits per heavy atom. The van der Waals surface area contributed by atoms with E-state index in [9.17, 15) is 18.4 Å². The van der Waals surface area contributed by atoms with E-state index >= 15 is 0 Å². The molecule has 11 heteroatoms. The van der Waals surface area contributed by atoms with Crippen LogP contribution in [-0.2, 0) is 24.2 Å². The highest BCUT2D eigenvalue weighted by molar-refractivity contribution is 6.00. The lowest BCUT2D eigenvalue weighted by Gasteiger charge is -2.18. The normalized spacial score (nSPS) is 12.3. The molecular formula is C32H30F2N4O5. The second-order valence-electron chi connectivity index (χ2n) is 9.89. The van der Waals surface area contributed by atoms with Gasteiger partial charge in [0.05, 0.1) is 62.0 Å². The maximum atomic E-state index is 14.8. The van der Waals surface area contributed by atoms with Gasteiger partial charge < -0.3 is 24.4 Å². The SMILES string of the molecule is COCCNC(=O)c1ccc(Cc2cc(-c3c(F)cccc3F)nc3c2C(=O)N(Cc2ccc(OC)cc2OC)C3)nc1. The van der Waals surface area contributed by atoms with Gasteiger partial charge in [-0.15, -0.1) is 0 Å². The number of hydrogen-bond donors (Lipinski definition) is 1. The first-order valence-electron chi connectivity index (χ1n) is 13.5. The van der Waals surface area contributed by atoms with Gasteiger partial charge in [0.25, 0.3) is 11.8 Å². The molecule has 2 aromatic heterocycles. The maximum absolute atomic E-state index is 14.8. The summed E-state index contributed by atoms with van der Waals surface area (Å²) in [5.74, 6) is -0.916. The van der Waals surface area contributed by atoms with Crippen molar-refractivity contribution in [3.05, 3.63) is 106 Å². The molecule has 0 aliphatic carbocycles. The number of amides is 2. The number of carbonyl (C=O) groups excluding carboxylic acids is 2. The third-order valence-corrected chi connectivity index (χ3v) is 7.14. The summed E-state index contributed by atoms with van der Waals surface area (Å²) in [5, 5.41) is 2.73. The minimum atomic E-state index is -0.760. The topological polar surface area (TPSA) is 103 Å². The molecule has 1 aliphatic rings. The van der Waals surface area contributed by atoms with Crippen molar-refractivity contribution in [2.24, 2.45) is 0 Å². The van der Waals surface area contributed by atoms with E-state index in [1.54, 1.807) is 43.4 Å². The van der Waals surface area contributed by atoms with Crippen molar-refractivity contribution in [1.29, 1.82) is 0 Å². The number of pyridine rings is 2. The Morgan fingerprint density at radius 3 is 2.44 bits per heavy atom. The van der Waals surface area contributed by atoms with Crippen LogP contribution in [0.4, 0.5) is 8.78 Å². The fourth-order valence-electron chi connectivity index (χ4n) is 5.00. The fourth-order valence-corrected chi connectivity index (χ4v) is 5.00. The molecule has 4 aromatic rings. The van der Waals surface area contributed by atoms with Crippen LogP contribution < -0.4 is 14.8 Å². The average Bonchev–Trinajstić information content (AvgIpc) is 3.32. The Kier molecular flexibility index (Phi) is 8.91. The molecule has 222 valence electrons. The lowest BCUT2D eigenvalue weighted by molar-refractivity contribution is 0.0764. The Morgan fingerprint density at radius 1 is 0.977 bits per heavy atom. The minimum Gasteiger partial charge on any atom is -0.497 e. The second-order valence-corrected chi connectivity index (χ2v) is 9.89.